The highest BCUT2D eigenvalue weighted by atomic mass is 16.3. The molecule has 1 saturated carbocycles. The van der Waals surface area contributed by atoms with E-state index in [2.05, 4.69) is 20.6 Å². The van der Waals surface area contributed by atoms with Crippen LogP contribution in [-0.4, -0.2) is 48.2 Å². The Morgan fingerprint density at radius 1 is 1.40 bits per heavy atom. The van der Waals surface area contributed by atoms with Gasteiger partial charge in [-0.05, 0) is 39.7 Å². The molecule has 0 saturated heterocycles. The first-order valence-corrected chi connectivity index (χ1v) is 8.62. The summed E-state index contributed by atoms with van der Waals surface area (Å²) in [6.45, 7) is 6.52. The van der Waals surface area contributed by atoms with Gasteiger partial charge in [-0.15, -0.1) is 10.2 Å². The summed E-state index contributed by atoms with van der Waals surface area (Å²) in [5.74, 6) is 0.856. The van der Waals surface area contributed by atoms with E-state index in [0.29, 0.717) is 18.7 Å². The van der Waals surface area contributed by atoms with Crippen LogP contribution in [0.5, 0.6) is 0 Å². The lowest BCUT2D eigenvalue weighted by Gasteiger charge is -2.18. The number of aliphatic hydroxyl groups excluding tert-OH is 1. The summed E-state index contributed by atoms with van der Waals surface area (Å²) in [6.07, 6.45) is 4.45. The zero-order valence-corrected chi connectivity index (χ0v) is 15.2. The molecule has 1 aliphatic rings. The van der Waals surface area contributed by atoms with Crippen LogP contribution in [-0.2, 0) is 12.6 Å². The Kier molecular flexibility index (Phi) is 4.64. The predicted molar refractivity (Wildman–Crippen MR) is 92.0 cm³/mol. The highest BCUT2D eigenvalue weighted by molar-refractivity contribution is 5.92. The van der Waals surface area contributed by atoms with E-state index in [-0.39, 0.29) is 23.3 Å². The van der Waals surface area contributed by atoms with Gasteiger partial charge in [-0.1, -0.05) is 0 Å². The predicted octanol–water partition coefficient (Wildman–Crippen LogP) is 1.05. The molecule has 3 atom stereocenters. The normalized spacial score (nSPS) is 23.8. The van der Waals surface area contributed by atoms with Crippen molar-refractivity contribution in [3.8, 4) is 0 Å². The van der Waals surface area contributed by atoms with Gasteiger partial charge in [0.2, 0.25) is 0 Å². The van der Waals surface area contributed by atoms with Crippen molar-refractivity contribution in [3.63, 3.8) is 0 Å². The molecule has 136 valence electrons. The highest BCUT2D eigenvalue weighted by Crippen LogP contribution is 2.37. The summed E-state index contributed by atoms with van der Waals surface area (Å²) >= 11 is 0. The maximum atomic E-state index is 12.3. The topological polar surface area (TPSA) is 97.9 Å². The van der Waals surface area contributed by atoms with Crippen LogP contribution in [0.2, 0.25) is 0 Å². The summed E-state index contributed by atoms with van der Waals surface area (Å²) in [5, 5.41) is 25.6. The zero-order chi connectivity index (χ0) is 18.2. The Morgan fingerprint density at radius 3 is 2.76 bits per heavy atom. The molecule has 1 amide bonds. The van der Waals surface area contributed by atoms with Crippen LogP contribution in [0.1, 0.15) is 55.8 Å². The molecule has 0 bridgehead atoms. The molecule has 25 heavy (non-hydrogen) atoms. The number of amides is 1. The SMILES string of the molecule is Cn1cnnc1[C@H]1C[C@H](CNC(=O)c2ccn(C(C)(C)C)n2)[C@H](O)C1. The Labute approximate surface area is 147 Å². The highest BCUT2D eigenvalue weighted by Gasteiger charge is 2.36. The molecule has 1 aliphatic carbocycles. The molecule has 0 aromatic carbocycles. The molecule has 2 heterocycles. The Hall–Kier alpha value is -2.22. The fourth-order valence-electron chi connectivity index (χ4n) is 3.33. The number of aromatic nitrogens is 5. The van der Waals surface area contributed by atoms with Gasteiger partial charge in [0.15, 0.2) is 0 Å². The molecule has 0 radical (unpaired) electrons. The Balaban J connectivity index is 1.57. The molecular formula is C17H26N6O2. The number of hydrogen-bond acceptors (Lipinski definition) is 5. The monoisotopic (exact) mass is 346 g/mol. The second-order valence-electron chi connectivity index (χ2n) is 7.82. The summed E-state index contributed by atoms with van der Waals surface area (Å²) in [6, 6.07) is 1.72. The van der Waals surface area contributed by atoms with Crippen molar-refractivity contribution in [2.75, 3.05) is 6.54 Å². The maximum absolute atomic E-state index is 12.3. The minimum absolute atomic E-state index is 0.00959. The van der Waals surface area contributed by atoms with Gasteiger partial charge in [-0.3, -0.25) is 9.48 Å². The summed E-state index contributed by atoms with van der Waals surface area (Å²) in [5.41, 5.74) is 0.232. The summed E-state index contributed by atoms with van der Waals surface area (Å²) < 4.78 is 3.66. The van der Waals surface area contributed by atoms with Crippen molar-refractivity contribution < 1.29 is 9.90 Å². The molecule has 8 heteroatoms. The van der Waals surface area contributed by atoms with Crippen molar-refractivity contribution in [2.45, 2.75) is 51.2 Å². The molecule has 0 unspecified atom stereocenters. The average Bonchev–Trinajstić information content (AvgIpc) is 3.23. The van der Waals surface area contributed by atoms with E-state index in [4.69, 9.17) is 0 Å². The van der Waals surface area contributed by atoms with Gasteiger partial charge in [0, 0.05) is 31.6 Å². The third kappa shape index (κ3) is 3.73. The van der Waals surface area contributed by atoms with Crippen LogP contribution in [0, 0.1) is 5.92 Å². The quantitative estimate of drug-likeness (QED) is 0.862. The number of rotatable bonds is 4. The molecule has 8 nitrogen and oxygen atoms in total. The maximum Gasteiger partial charge on any atom is 0.271 e. The van der Waals surface area contributed by atoms with E-state index in [1.807, 2.05) is 38.6 Å². The van der Waals surface area contributed by atoms with Gasteiger partial charge < -0.3 is 15.0 Å². The average molecular weight is 346 g/mol. The van der Waals surface area contributed by atoms with E-state index in [1.54, 1.807) is 17.1 Å². The smallest absolute Gasteiger partial charge is 0.271 e. The van der Waals surface area contributed by atoms with E-state index in [1.165, 1.54) is 0 Å². The van der Waals surface area contributed by atoms with Gasteiger partial charge in [0.1, 0.15) is 17.8 Å². The molecular weight excluding hydrogens is 320 g/mol. The lowest BCUT2D eigenvalue weighted by Crippen LogP contribution is -2.33. The van der Waals surface area contributed by atoms with Crippen LogP contribution in [0.25, 0.3) is 0 Å². The molecule has 1 fully saturated rings. The number of carbonyl (C=O) groups excluding carboxylic acids is 1. The van der Waals surface area contributed by atoms with E-state index in [9.17, 15) is 9.90 Å². The number of aryl methyl sites for hydroxylation is 1. The zero-order valence-electron chi connectivity index (χ0n) is 15.2. The fourth-order valence-corrected chi connectivity index (χ4v) is 3.33. The largest absolute Gasteiger partial charge is 0.393 e. The van der Waals surface area contributed by atoms with Crippen LogP contribution < -0.4 is 5.32 Å². The van der Waals surface area contributed by atoms with Gasteiger partial charge >= 0.3 is 0 Å². The minimum Gasteiger partial charge on any atom is -0.393 e. The number of hydrogen-bond donors (Lipinski definition) is 2. The third-order valence-electron chi connectivity index (χ3n) is 4.80. The second-order valence-corrected chi connectivity index (χ2v) is 7.82. The van der Waals surface area contributed by atoms with Gasteiger partial charge in [0.05, 0.1) is 11.6 Å². The molecule has 2 aromatic rings. The third-order valence-corrected chi connectivity index (χ3v) is 4.80. The lowest BCUT2D eigenvalue weighted by molar-refractivity contribution is 0.0910. The Morgan fingerprint density at radius 2 is 2.16 bits per heavy atom. The number of aliphatic hydroxyl groups is 1. The van der Waals surface area contributed by atoms with E-state index >= 15 is 0 Å². The summed E-state index contributed by atoms with van der Waals surface area (Å²) in [4.78, 5) is 12.3. The standard InChI is InChI=1S/C17H26N6O2/c1-17(2,3)23-6-5-13(21-23)16(25)18-9-12-7-11(8-14(12)24)15-20-19-10-22(15)4/h5-6,10-12,14,24H,7-9H2,1-4H3,(H,18,25)/t11-,12+,14+/m0/s1. The molecule has 2 aromatic heterocycles. The second kappa shape index (κ2) is 6.59. The number of carbonyl (C=O) groups is 1. The van der Waals surface area contributed by atoms with Crippen LogP contribution >= 0.6 is 0 Å². The van der Waals surface area contributed by atoms with Gasteiger partial charge in [-0.2, -0.15) is 5.10 Å². The van der Waals surface area contributed by atoms with Gasteiger partial charge in [0.25, 0.3) is 5.91 Å². The lowest BCUT2D eigenvalue weighted by atomic mass is 10.0. The molecule has 3 rings (SSSR count). The fraction of sp³-hybridized carbons (Fsp3) is 0.647. The van der Waals surface area contributed by atoms with E-state index < -0.39 is 6.10 Å². The van der Waals surface area contributed by atoms with Crippen LogP contribution in [0.3, 0.4) is 0 Å². The van der Waals surface area contributed by atoms with Crippen molar-refractivity contribution >= 4 is 5.91 Å². The molecule has 0 aliphatic heterocycles. The summed E-state index contributed by atoms with van der Waals surface area (Å²) in [7, 11) is 1.91. The van der Waals surface area contributed by atoms with Crippen molar-refractivity contribution in [1.29, 1.82) is 0 Å². The first kappa shape index (κ1) is 17.6. The van der Waals surface area contributed by atoms with Crippen LogP contribution in [0.4, 0.5) is 0 Å². The van der Waals surface area contributed by atoms with Crippen molar-refractivity contribution in [1.82, 2.24) is 29.9 Å². The molecule has 2 N–H and O–H groups in total. The van der Waals surface area contributed by atoms with E-state index in [0.717, 1.165) is 12.2 Å². The number of nitrogens with zero attached hydrogens (tertiary/aromatic N) is 5. The van der Waals surface area contributed by atoms with Crippen LogP contribution in [0.15, 0.2) is 18.6 Å². The minimum atomic E-state index is -0.450. The Bertz CT molecular complexity index is 744. The first-order chi connectivity index (χ1) is 11.8. The molecule has 0 spiro atoms. The van der Waals surface area contributed by atoms with Gasteiger partial charge in [-0.25, -0.2) is 0 Å². The van der Waals surface area contributed by atoms with Crippen molar-refractivity contribution in [3.05, 3.63) is 30.1 Å². The number of nitrogens with one attached hydrogen (secondary N) is 1. The van der Waals surface area contributed by atoms with Crippen molar-refractivity contribution in [2.24, 2.45) is 13.0 Å². The first-order valence-electron chi connectivity index (χ1n) is 8.62.